The summed E-state index contributed by atoms with van der Waals surface area (Å²) in [6.45, 7) is 5.00. The standard InChI is InChI=1S/C17H26N4O3.2C2HF3O2/c1-20-11-17(24-10-15(20)16(22)19-7-8-23-2)12-21(13-17)9-14-3-5-18-6-4-14;2*3-2(4,5)1(6)7/h3-6,15H,7-13H2,1-2H3,(H,19,22);2*(H,6,7). The van der Waals surface area contributed by atoms with Gasteiger partial charge >= 0.3 is 24.3 Å². The van der Waals surface area contributed by atoms with Gasteiger partial charge in [-0.3, -0.25) is 19.6 Å². The number of carbonyl (C=O) groups excluding carboxylic acids is 1. The molecule has 2 aliphatic rings. The largest absolute Gasteiger partial charge is 0.490 e. The van der Waals surface area contributed by atoms with Crippen LogP contribution in [0.4, 0.5) is 26.3 Å². The van der Waals surface area contributed by atoms with E-state index in [1.165, 1.54) is 5.56 Å². The zero-order valence-corrected chi connectivity index (χ0v) is 20.4. The lowest BCUT2D eigenvalue weighted by Crippen LogP contribution is -2.72. The van der Waals surface area contributed by atoms with Crippen LogP contribution in [0, 0.1) is 0 Å². The summed E-state index contributed by atoms with van der Waals surface area (Å²) in [4.78, 5) is 38.5. The van der Waals surface area contributed by atoms with Gasteiger partial charge in [-0.05, 0) is 24.7 Å². The SMILES string of the molecule is COCCNC(=O)C1COC2(CN(Cc3ccncc3)C2)CN1C.O=C(O)C(F)(F)F.O=C(O)C(F)(F)F. The van der Waals surface area contributed by atoms with Crippen molar-refractivity contribution in [2.24, 2.45) is 0 Å². The van der Waals surface area contributed by atoms with E-state index in [1.54, 1.807) is 7.11 Å². The minimum atomic E-state index is -5.08. The molecular weight excluding hydrogens is 534 g/mol. The number of hydrogen-bond donors (Lipinski definition) is 3. The number of methoxy groups -OCH3 is 1. The second-order valence-corrected chi connectivity index (χ2v) is 8.32. The van der Waals surface area contributed by atoms with Crippen molar-refractivity contribution in [2.45, 2.75) is 30.5 Å². The smallest absolute Gasteiger partial charge is 0.475 e. The van der Waals surface area contributed by atoms with Crippen LogP contribution in [0.1, 0.15) is 5.56 Å². The second kappa shape index (κ2) is 14.2. The number of alkyl halides is 6. The summed E-state index contributed by atoms with van der Waals surface area (Å²) in [7, 11) is 3.62. The molecule has 11 nitrogen and oxygen atoms in total. The molecule has 1 atom stereocenters. The summed E-state index contributed by atoms with van der Waals surface area (Å²) in [5.41, 5.74) is 1.13. The van der Waals surface area contributed by atoms with Crippen LogP contribution in [-0.4, -0.2) is 120 Å². The molecule has 3 N–H and O–H groups in total. The quantitative estimate of drug-likeness (QED) is 0.340. The molecule has 0 aliphatic carbocycles. The van der Waals surface area contributed by atoms with Crippen molar-refractivity contribution in [3.63, 3.8) is 0 Å². The van der Waals surface area contributed by atoms with E-state index in [0.717, 1.165) is 26.2 Å². The average Bonchev–Trinajstić information content (AvgIpc) is 2.78. The zero-order valence-electron chi connectivity index (χ0n) is 20.4. The van der Waals surface area contributed by atoms with Crippen LogP contribution in [0.3, 0.4) is 0 Å². The molecule has 1 unspecified atom stereocenters. The van der Waals surface area contributed by atoms with Gasteiger partial charge in [-0.1, -0.05) is 0 Å². The van der Waals surface area contributed by atoms with E-state index >= 15 is 0 Å². The Morgan fingerprint density at radius 1 is 1.08 bits per heavy atom. The molecule has 0 aromatic carbocycles. The average molecular weight is 562 g/mol. The highest BCUT2D eigenvalue weighted by atomic mass is 19.4. The Morgan fingerprint density at radius 3 is 2.00 bits per heavy atom. The highest BCUT2D eigenvalue weighted by Crippen LogP contribution is 2.31. The van der Waals surface area contributed by atoms with E-state index in [0.29, 0.717) is 19.8 Å². The zero-order chi connectivity index (χ0) is 29.1. The molecule has 0 saturated carbocycles. The minimum absolute atomic E-state index is 0.0114. The molecule has 1 aromatic heterocycles. The molecule has 1 aromatic rings. The van der Waals surface area contributed by atoms with Gasteiger partial charge in [-0.25, -0.2) is 9.59 Å². The van der Waals surface area contributed by atoms with Crippen LogP contribution in [0.2, 0.25) is 0 Å². The second-order valence-electron chi connectivity index (χ2n) is 8.32. The number of halogens is 6. The van der Waals surface area contributed by atoms with Crippen LogP contribution >= 0.6 is 0 Å². The number of carbonyl (C=O) groups is 3. The summed E-state index contributed by atoms with van der Waals surface area (Å²) in [5.74, 6) is -5.50. The molecule has 2 fully saturated rings. The van der Waals surface area contributed by atoms with Crippen molar-refractivity contribution in [2.75, 3.05) is 53.6 Å². The first-order valence-electron chi connectivity index (χ1n) is 10.8. The number of morpholine rings is 1. The molecule has 3 rings (SSSR count). The van der Waals surface area contributed by atoms with Gasteiger partial charge in [-0.15, -0.1) is 0 Å². The van der Waals surface area contributed by atoms with E-state index in [9.17, 15) is 31.1 Å². The number of likely N-dealkylation sites (N-methyl/N-ethyl adjacent to an activating group) is 1. The maximum absolute atomic E-state index is 12.2. The third kappa shape index (κ3) is 11.2. The fraction of sp³-hybridized carbons (Fsp3) is 0.619. The molecule has 3 heterocycles. The van der Waals surface area contributed by atoms with Gasteiger partial charge < -0.3 is 25.0 Å². The van der Waals surface area contributed by atoms with Gasteiger partial charge in [0.2, 0.25) is 5.91 Å². The first-order chi connectivity index (χ1) is 17.5. The number of likely N-dealkylation sites (tertiary alicyclic amines) is 1. The Bertz CT molecular complexity index is 888. The summed E-state index contributed by atoms with van der Waals surface area (Å²) < 4.78 is 74.5. The van der Waals surface area contributed by atoms with Crippen molar-refractivity contribution in [3.8, 4) is 0 Å². The normalized spacial score (nSPS) is 19.2. The molecule has 2 saturated heterocycles. The van der Waals surface area contributed by atoms with Gasteiger partial charge in [0.1, 0.15) is 11.6 Å². The number of carboxylic acids is 2. The van der Waals surface area contributed by atoms with E-state index in [1.807, 2.05) is 31.6 Å². The lowest BCUT2D eigenvalue weighted by Gasteiger charge is -2.55. The lowest BCUT2D eigenvalue weighted by molar-refractivity contribution is -0.198. The first kappa shape index (κ1) is 33.0. The van der Waals surface area contributed by atoms with Gasteiger partial charge in [0.05, 0.1) is 13.2 Å². The molecule has 0 bridgehead atoms. The fourth-order valence-electron chi connectivity index (χ4n) is 3.48. The predicted octanol–water partition coefficient (Wildman–Crippen LogP) is 0.996. The number of nitrogens with zero attached hydrogens (tertiary/aromatic N) is 3. The Kier molecular flexibility index (Phi) is 12.4. The fourth-order valence-corrected chi connectivity index (χ4v) is 3.48. The molecule has 2 aliphatic heterocycles. The third-order valence-electron chi connectivity index (χ3n) is 5.19. The molecule has 1 spiro atoms. The van der Waals surface area contributed by atoms with Crippen molar-refractivity contribution in [1.82, 2.24) is 20.1 Å². The van der Waals surface area contributed by atoms with Crippen LogP contribution < -0.4 is 5.32 Å². The van der Waals surface area contributed by atoms with E-state index in [2.05, 4.69) is 20.1 Å². The Morgan fingerprint density at radius 2 is 1.58 bits per heavy atom. The van der Waals surface area contributed by atoms with Crippen molar-refractivity contribution in [3.05, 3.63) is 30.1 Å². The third-order valence-corrected chi connectivity index (χ3v) is 5.19. The number of nitrogens with one attached hydrogen (secondary N) is 1. The topological polar surface area (TPSA) is 142 Å². The first-order valence-corrected chi connectivity index (χ1v) is 10.8. The van der Waals surface area contributed by atoms with E-state index < -0.39 is 24.3 Å². The Balaban J connectivity index is 0.000000426. The van der Waals surface area contributed by atoms with Gasteiger partial charge in [-0.2, -0.15) is 26.3 Å². The van der Waals surface area contributed by atoms with Gasteiger partial charge in [0.25, 0.3) is 0 Å². The maximum Gasteiger partial charge on any atom is 0.490 e. The molecule has 0 radical (unpaired) electrons. The Labute approximate surface area is 213 Å². The molecule has 38 heavy (non-hydrogen) atoms. The number of aliphatic carboxylic acids is 2. The van der Waals surface area contributed by atoms with Crippen molar-refractivity contribution < 1.29 is 60.4 Å². The number of ether oxygens (including phenoxy) is 2. The highest BCUT2D eigenvalue weighted by molar-refractivity contribution is 5.82. The van der Waals surface area contributed by atoms with Gasteiger partial charge in [0.15, 0.2) is 0 Å². The minimum Gasteiger partial charge on any atom is -0.475 e. The van der Waals surface area contributed by atoms with Crippen molar-refractivity contribution in [1.29, 1.82) is 0 Å². The lowest BCUT2D eigenvalue weighted by atomic mass is 9.90. The predicted molar refractivity (Wildman–Crippen MR) is 117 cm³/mol. The molecular formula is C21H28F6N4O7. The summed E-state index contributed by atoms with van der Waals surface area (Å²) in [6, 6.07) is 3.86. The number of rotatable bonds is 6. The highest BCUT2D eigenvalue weighted by Gasteiger charge is 2.49. The van der Waals surface area contributed by atoms with Crippen LogP contribution in [0.15, 0.2) is 24.5 Å². The molecule has 216 valence electrons. The monoisotopic (exact) mass is 562 g/mol. The summed E-state index contributed by atoms with van der Waals surface area (Å²) >= 11 is 0. The number of carboxylic acid groups (broad SMARTS) is 2. The number of hydrogen-bond acceptors (Lipinski definition) is 8. The molecule has 17 heteroatoms. The number of amides is 1. The maximum atomic E-state index is 12.2. The summed E-state index contributed by atoms with van der Waals surface area (Å²) in [6.07, 6.45) is -6.52. The van der Waals surface area contributed by atoms with E-state index in [-0.39, 0.29) is 17.6 Å². The van der Waals surface area contributed by atoms with Crippen LogP contribution in [0.25, 0.3) is 0 Å². The number of pyridine rings is 1. The van der Waals surface area contributed by atoms with Crippen LogP contribution in [-0.2, 0) is 30.4 Å². The summed E-state index contributed by atoms with van der Waals surface area (Å²) in [5, 5.41) is 17.1. The van der Waals surface area contributed by atoms with Crippen LogP contribution in [0.5, 0.6) is 0 Å². The van der Waals surface area contributed by atoms with E-state index in [4.69, 9.17) is 29.3 Å². The number of aromatic nitrogens is 1. The molecule has 1 amide bonds. The Hall–Kier alpha value is -3.02. The van der Waals surface area contributed by atoms with Gasteiger partial charge in [0, 0.05) is 52.2 Å². The van der Waals surface area contributed by atoms with Crippen molar-refractivity contribution >= 4 is 17.8 Å².